The average Bonchev–Trinajstić information content (AvgIpc) is 2.99. The lowest BCUT2D eigenvalue weighted by molar-refractivity contribution is 0.422. The largest absolute Gasteiger partial charge is 0.310 e. The van der Waals surface area contributed by atoms with E-state index in [1.807, 2.05) is 12.1 Å². The van der Waals surface area contributed by atoms with Gasteiger partial charge < -0.3 is 5.32 Å². The highest BCUT2D eigenvalue weighted by Gasteiger charge is 2.14. The Morgan fingerprint density at radius 1 is 0.875 bits per heavy atom. The smallest absolute Gasteiger partial charge is 0.0929 e. The van der Waals surface area contributed by atoms with Crippen LogP contribution in [0.5, 0.6) is 0 Å². The number of benzene rings is 2. The summed E-state index contributed by atoms with van der Waals surface area (Å²) >= 11 is 0. The molecule has 1 atom stereocenters. The van der Waals surface area contributed by atoms with Crippen LogP contribution in [0.2, 0.25) is 0 Å². The first kappa shape index (κ1) is 16.5. The third-order valence-corrected chi connectivity index (χ3v) is 3.98. The summed E-state index contributed by atoms with van der Waals surface area (Å²) in [5.74, 6) is 0. The van der Waals surface area contributed by atoms with Crippen molar-refractivity contribution in [2.45, 2.75) is 39.4 Å². The zero-order valence-electron chi connectivity index (χ0n) is 14.6. The Balaban J connectivity index is 1.97. The van der Waals surface area contributed by atoms with Crippen LogP contribution in [0.25, 0.3) is 22.5 Å². The first-order valence-corrected chi connectivity index (χ1v) is 8.58. The Hall–Kier alpha value is -2.39. The van der Waals surface area contributed by atoms with Crippen LogP contribution >= 0.6 is 0 Å². The molecule has 0 spiro atoms. The molecule has 0 radical (unpaired) electrons. The number of rotatable bonds is 6. The Kier molecular flexibility index (Phi) is 5.11. The van der Waals surface area contributed by atoms with Crippen molar-refractivity contribution < 1.29 is 0 Å². The van der Waals surface area contributed by atoms with Crippen molar-refractivity contribution in [1.29, 1.82) is 0 Å². The van der Waals surface area contributed by atoms with Gasteiger partial charge in [0.1, 0.15) is 0 Å². The maximum Gasteiger partial charge on any atom is 0.0929 e. The maximum absolute atomic E-state index is 4.88. The van der Waals surface area contributed by atoms with Crippen LogP contribution in [0.15, 0.2) is 66.7 Å². The van der Waals surface area contributed by atoms with E-state index < -0.39 is 0 Å². The van der Waals surface area contributed by atoms with Gasteiger partial charge in [0, 0.05) is 17.6 Å². The predicted molar refractivity (Wildman–Crippen MR) is 101 cm³/mol. The van der Waals surface area contributed by atoms with Crippen molar-refractivity contribution in [2.75, 3.05) is 0 Å². The topological polar surface area (TPSA) is 29.9 Å². The number of nitrogens with zero attached hydrogens (tertiary/aromatic N) is 2. The normalized spacial score (nSPS) is 12.5. The lowest BCUT2D eigenvalue weighted by atomic mass is 10.1. The molecule has 0 bridgehead atoms. The van der Waals surface area contributed by atoms with E-state index in [4.69, 9.17) is 5.10 Å². The minimum atomic E-state index is 0.357. The molecule has 3 rings (SSSR count). The molecule has 1 unspecified atom stereocenters. The van der Waals surface area contributed by atoms with E-state index in [1.54, 1.807) is 0 Å². The Bertz CT molecular complexity index is 760. The third-order valence-electron chi connectivity index (χ3n) is 3.98. The van der Waals surface area contributed by atoms with Crippen LogP contribution in [-0.4, -0.2) is 21.9 Å². The van der Waals surface area contributed by atoms with E-state index >= 15 is 0 Å². The Morgan fingerprint density at radius 2 is 1.46 bits per heavy atom. The van der Waals surface area contributed by atoms with Gasteiger partial charge in [-0.05, 0) is 18.6 Å². The van der Waals surface area contributed by atoms with Gasteiger partial charge >= 0.3 is 0 Å². The number of aromatic nitrogens is 2. The molecular formula is C21H25N3. The molecule has 2 aromatic carbocycles. The van der Waals surface area contributed by atoms with Crippen molar-refractivity contribution in [1.82, 2.24) is 15.1 Å². The Morgan fingerprint density at radius 3 is 2.04 bits per heavy atom. The lowest BCUT2D eigenvalue weighted by Crippen LogP contribution is -2.35. The summed E-state index contributed by atoms with van der Waals surface area (Å²) in [6.07, 6.45) is 0. The Labute approximate surface area is 144 Å². The highest BCUT2D eigenvalue weighted by atomic mass is 15.3. The standard InChI is InChI=1S/C21H25N3/c1-16(2)22-17(3)15-24-21(19-12-8-5-9-13-19)14-20(23-24)18-10-6-4-7-11-18/h4-14,16-17,22H,15H2,1-3H3. The van der Waals surface area contributed by atoms with Crippen molar-refractivity contribution in [2.24, 2.45) is 0 Å². The van der Waals surface area contributed by atoms with E-state index in [1.165, 1.54) is 5.56 Å². The fraction of sp³-hybridized carbons (Fsp3) is 0.286. The second-order valence-corrected chi connectivity index (χ2v) is 6.55. The molecule has 0 aliphatic heterocycles. The molecule has 3 aromatic rings. The SMILES string of the molecule is CC(C)NC(C)Cn1nc(-c2ccccc2)cc1-c1ccccc1. The van der Waals surface area contributed by atoms with Crippen LogP contribution in [0.3, 0.4) is 0 Å². The fourth-order valence-corrected chi connectivity index (χ4v) is 3.03. The van der Waals surface area contributed by atoms with Crippen LogP contribution in [0, 0.1) is 0 Å². The maximum atomic E-state index is 4.88. The van der Waals surface area contributed by atoms with Crippen molar-refractivity contribution >= 4 is 0 Å². The molecule has 3 heteroatoms. The second kappa shape index (κ2) is 7.45. The van der Waals surface area contributed by atoms with Crippen LogP contribution < -0.4 is 5.32 Å². The highest BCUT2D eigenvalue weighted by Crippen LogP contribution is 2.26. The van der Waals surface area contributed by atoms with Crippen LogP contribution in [0.1, 0.15) is 20.8 Å². The van der Waals surface area contributed by atoms with E-state index in [0.29, 0.717) is 12.1 Å². The number of hydrogen-bond acceptors (Lipinski definition) is 2. The zero-order chi connectivity index (χ0) is 16.9. The molecule has 1 N–H and O–H groups in total. The molecule has 0 saturated carbocycles. The van der Waals surface area contributed by atoms with Crippen molar-refractivity contribution in [3.8, 4) is 22.5 Å². The monoisotopic (exact) mass is 319 g/mol. The number of hydrogen-bond donors (Lipinski definition) is 1. The van der Waals surface area contributed by atoms with Crippen LogP contribution in [0.4, 0.5) is 0 Å². The summed E-state index contributed by atoms with van der Waals surface area (Å²) < 4.78 is 2.12. The summed E-state index contributed by atoms with van der Waals surface area (Å²) in [5.41, 5.74) is 4.53. The summed E-state index contributed by atoms with van der Waals surface area (Å²) in [6.45, 7) is 7.40. The molecule has 0 aliphatic rings. The van der Waals surface area contributed by atoms with Gasteiger partial charge in [0.05, 0.1) is 17.9 Å². The highest BCUT2D eigenvalue weighted by molar-refractivity contribution is 5.68. The second-order valence-electron chi connectivity index (χ2n) is 6.55. The summed E-state index contributed by atoms with van der Waals surface area (Å²) in [6, 6.07) is 23.8. The molecule has 0 aliphatic carbocycles. The van der Waals surface area contributed by atoms with E-state index in [2.05, 4.69) is 85.4 Å². The predicted octanol–water partition coefficient (Wildman–Crippen LogP) is 4.60. The average molecular weight is 319 g/mol. The van der Waals surface area contributed by atoms with Gasteiger partial charge in [-0.3, -0.25) is 4.68 Å². The zero-order valence-corrected chi connectivity index (χ0v) is 14.6. The van der Waals surface area contributed by atoms with E-state index in [0.717, 1.165) is 23.5 Å². The van der Waals surface area contributed by atoms with Gasteiger partial charge in [0.15, 0.2) is 0 Å². The summed E-state index contributed by atoms with van der Waals surface area (Å²) in [5, 5.41) is 8.44. The van der Waals surface area contributed by atoms with E-state index in [9.17, 15) is 0 Å². The molecule has 24 heavy (non-hydrogen) atoms. The fourth-order valence-electron chi connectivity index (χ4n) is 3.03. The van der Waals surface area contributed by atoms with Gasteiger partial charge in [-0.15, -0.1) is 0 Å². The first-order valence-electron chi connectivity index (χ1n) is 8.58. The van der Waals surface area contributed by atoms with Crippen LogP contribution in [-0.2, 0) is 6.54 Å². The molecule has 3 nitrogen and oxygen atoms in total. The van der Waals surface area contributed by atoms with Gasteiger partial charge in [0.2, 0.25) is 0 Å². The van der Waals surface area contributed by atoms with Crippen molar-refractivity contribution in [3.63, 3.8) is 0 Å². The molecular weight excluding hydrogens is 294 g/mol. The van der Waals surface area contributed by atoms with Gasteiger partial charge in [0.25, 0.3) is 0 Å². The summed E-state index contributed by atoms with van der Waals surface area (Å²) in [4.78, 5) is 0. The molecule has 0 saturated heterocycles. The minimum Gasteiger partial charge on any atom is -0.310 e. The number of nitrogens with one attached hydrogen (secondary N) is 1. The minimum absolute atomic E-state index is 0.357. The van der Waals surface area contributed by atoms with Gasteiger partial charge in [-0.2, -0.15) is 5.10 Å². The lowest BCUT2D eigenvalue weighted by Gasteiger charge is -2.18. The first-order chi connectivity index (χ1) is 11.6. The van der Waals surface area contributed by atoms with Gasteiger partial charge in [-0.25, -0.2) is 0 Å². The molecule has 124 valence electrons. The van der Waals surface area contributed by atoms with E-state index in [-0.39, 0.29) is 0 Å². The van der Waals surface area contributed by atoms with Gasteiger partial charge in [-0.1, -0.05) is 74.5 Å². The van der Waals surface area contributed by atoms with Crippen molar-refractivity contribution in [3.05, 3.63) is 66.7 Å². The molecule has 1 heterocycles. The molecule has 0 fully saturated rings. The molecule has 0 amide bonds. The third kappa shape index (κ3) is 3.92. The quantitative estimate of drug-likeness (QED) is 0.719. The summed E-state index contributed by atoms with van der Waals surface area (Å²) in [7, 11) is 0. The molecule has 1 aromatic heterocycles.